The summed E-state index contributed by atoms with van der Waals surface area (Å²) in [5, 5.41) is 12.4. The standard InChI is InChI=1S/C15H15ClN2O3/c1-9(6-14(19)20)8-17-15(21)11-7-13(16)18-12-5-3-2-4-10(11)12/h2-5,7,9H,6,8H2,1H3,(H,17,21)(H,19,20). The van der Waals surface area contributed by atoms with E-state index in [1.165, 1.54) is 6.07 Å². The highest BCUT2D eigenvalue weighted by molar-refractivity contribution is 6.30. The molecular weight excluding hydrogens is 292 g/mol. The molecule has 5 nitrogen and oxygen atoms in total. The van der Waals surface area contributed by atoms with Gasteiger partial charge in [0.05, 0.1) is 11.1 Å². The molecule has 1 amide bonds. The Labute approximate surface area is 126 Å². The molecule has 6 heteroatoms. The van der Waals surface area contributed by atoms with Crippen molar-refractivity contribution in [2.24, 2.45) is 5.92 Å². The minimum absolute atomic E-state index is 0.0120. The fraction of sp³-hybridized carbons (Fsp3) is 0.267. The summed E-state index contributed by atoms with van der Waals surface area (Å²) in [6.07, 6.45) is 0.0120. The van der Waals surface area contributed by atoms with Crippen LogP contribution in [0.5, 0.6) is 0 Å². The lowest BCUT2D eigenvalue weighted by atomic mass is 10.1. The van der Waals surface area contributed by atoms with Gasteiger partial charge in [-0.2, -0.15) is 0 Å². The predicted molar refractivity (Wildman–Crippen MR) is 80.5 cm³/mol. The van der Waals surface area contributed by atoms with E-state index in [1.807, 2.05) is 12.1 Å². The zero-order chi connectivity index (χ0) is 15.4. The summed E-state index contributed by atoms with van der Waals surface area (Å²) in [5.74, 6) is -1.31. The molecule has 2 N–H and O–H groups in total. The van der Waals surface area contributed by atoms with Gasteiger partial charge in [0.15, 0.2) is 0 Å². The number of aliphatic carboxylic acids is 1. The van der Waals surface area contributed by atoms with E-state index in [0.29, 0.717) is 23.0 Å². The van der Waals surface area contributed by atoms with Gasteiger partial charge in [0.2, 0.25) is 0 Å². The average molecular weight is 307 g/mol. The van der Waals surface area contributed by atoms with Crippen LogP contribution < -0.4 is 5.32 Å². The van der Waals surface area contributed by atoms with Gasteiger partial charge in [-0.25, -0.2) is 4.98 Å². The lowest BCUT2D eigenvalue weighted by molar-refractivity contribution is -0.137. The lowest BCUT2D eigenvalue weighted by Gasteiger charge is -2.12. The lowest BCUT2D eigenvalue weighted by Crippen LogP contribution is -2.29. The molecular formula is C15H15ClN2O3. The second-order valence-electron chi connectivity index (χ2n) is 4.92. The van der Waals surface area contributed by atoms with E-state index in [9.17, 15) is 9.59 Å². The SMILES string of the molecule is CC(CNC(=O)c1cc(Cl)nc2ccccc12)CC(=O)O. The number of carboxylic acids is 1. The molecule has 1 aromatic heterocycles. The first-order valence-corrected chi connectivity index (χ1v) is 6.90. The minimum atomic E-state index is -0.880. The average Bonchev–Trinajstić information content (AvgIpc) is 2.43. The highest BCUT2D eigenvalue weighted by Crippen LogP contribution is 2.20. The summed E-state index contributed by atoms with van der Waals surface area (Å²) in [4.78, 5) is 27.0. The predicted octanol–water partition coefficient (Wildman–Crippen LogP) is 2.73. The fourth-order valence-corrected chi connectivity index (χ4v) is 2.26. The van der Waals surface area contributed by atoms with Crippen LogP contribution in [0.25, 0.3) is 10.9 Å². The molecule has 0 saturated carbocycles. The number of halogens is 1. The molecule has 2 rings (SSSR count). The van der Waals surface area contributed by atoms with Gasteiger partial charge >= 0.3 is 5.97 Å². The second kappa shape index (κ2) is 6.54. The Balaban J connectivity index is 2.18. The van der Waals surface area contributed by atoms with Crippen LogP contribution in [-0.4, -0.2) is 28.5 Å². The third-order valence-electron chi connectivity index (χ3n) is 3.06. The number of para-hydroxylation sites is 1. The van der Waals surface area contributed by atoms with Gasteiger partial charge < -0.3 is 10.4 Å². The monoisotopic (exact) mass is 306 g/mol. The molecule has 0 fully saturated rings. The molecule has 0 bridgehead atoms. The number of carbonyl (C=O) groups excluding carboxylic acids is 1. The smallest absolute Gasteiger partial charge is 0.303 e. The van der Waals surface area contributed by atoms with Crippen molar-refractivity contribution in [3.63, 3.8) is 0 Å². The molecule has 0 aliphatic carbocycles. The molecule has 1 heterocycles. The highest BCUT2D eigenvalue weighted by atomic mass is 35.5. The maximum Gasteiger partial charge on any atom is 0.303 e. The number of hydrogen-bond donors (Lipinski definition) is 2. The molecule has 110 valence electrons. The number of nitrogens with zero attached hydrogens (tertiary/aromatic N) is 1. The summed E-state index contributed by atoms with van der Waals surface area (Å²) < 4.78 is 0. The zero-order valence-corrected chi connectivity index (χ0v) is 12.2. The topological polar surface area (TPSA) is 79.3 Å². The summed E-state index contributed by atoms with van der Waals surface area (Å²) in [6.45, 7) is 2.06. The molecule has 0 spiro atoms. The van der Waals surface area contributed by atoms with Crippen molar-refractivity contribution < 1.29 is 14.7 Å². The van der Waals surface area contributed by atoms with Crippen molar-refractivity contribution in [3.05, 3.63) is 41.0 Å². The molecule has 21 heavy (non-hydrogen) atoms. The third kappa shape index (κ3) is 3.92. The maximum absolute atomic E-state index is 12.3. The Kier molecular flexibility index (Phi) is 4.75. The number of fused-ring (bicyclic) bond motifs is 1. The summed E-state index contributed by atoms with van der Waals surface area (Å²) in [6, 6.07) is 8.74. The van der Waals surface area contributed by atoms with Crippen molar-refractivity contribution in [2.75, 3.05) is 6.54 Å². The van der Waals surface area contributed by atoms with Gasteiger partial charge in [-0.15, -0.1) is 0 Å². The molecule has 0 radical (unpaired) electrons. The van der Waals surface area contributed by atoms with Crippen LogP contribution in [0.15, 0.2) is 30.3 Å². The Bertz CT molecular complexity index is 688. The summed E-state index contributed by atoms with van der Waals surface area (Å²) >= 11 is 5.93. The molecule has 1 atom stereocenters. The molecule has 0 aliphatic rings. The Hall–Kier alpha value is -2.14. The molecule has 2 aromatic rings. The number of hydrogen-bond acceptors (Lipinski definition) is 3. The molecule has 1 aromatic carbocycles. The van der Waals surface area contributed by atoms with Gasteiger partial charge in [-0.3, -0.25) is 9.59 Å². The van der Waals surface area contributed by atoms with E-state index in [0.717, 1.165) is 0 Å². The first kappa shape index (κ1) is 15.3. The van der Waals surface area contributed by atoms with Crippen LogP contribution in [0.1, 0.15) is 23.7 Å². The minimum Gasteiger partial charge on any atom is -0.481 e. The van der Waals surface area contributed by atoms with Gasteiger partial charge in [-0.1, -0.05) is 36.7 Å². The van der Waals surface area contributed by atoms with Crippen molar-refractivity contribution in [1.82, 2.24) is 10.3 Å². The van der Waals surface area contributed by atoms with E-state index in [4.69, 9.17) is 16.7 Å². The Morgan fingerprint density at radius 3 is 2.81 bits per heavy atom. The van der Waals surface area contributed by atoms with Crippen LogP contribution in [0.3, 0.4) is 0 Å². The van der Waals surface area contributed by atoms with Gasteiger partial charge in [0.1, 0.15) is 5.15 Å². The van der Waals surface area contributed by atoms with Crippen LogP contribution in [-0.2, 0) is 4.79 Å². The van der Waals surface area contributed by atoms with E-state index < -0.39 is 5.97 Å². The molecule has 1 unspecified atom stereocenters. The first-order valence-electron chi connectivity index (χ1n) is 6.52. The second-order valence-corrected chi connectivity index (χ2v) is 5.31. The number of aromatic nitrogens is 1. The van der Waals surface area contributed by atoms with E-state index in [-0.39, 0.29) is 23.4 Å². The van der Waals surface area contributed by atoms with Crippen LogP contribution in [0.4, 0.5) is 0 Å². The van der Waals surface area contributed by atoms with Gasteiger partial charge in [0.25, 0.3) is 5.91 Å². The van der Waals surface area contributed by atoms with Crippen LogP contribution in [0.2, 0.25) is 5.15 Å². The third-order valence-corrected chi connectivity index (χ3v) is 3.26. The number of carbonyl (C=O) groups is 2. The van der Waals surface area contributed by atoms with Crippen molar-refractivity contribution >= 4 is 34.4 Å². The number of nitrogens with one attached hydrogen (secondary N) is 1. The normalized spacial score (nSPS) is 12.1. The van der Waals surface area contributed by atoms with Gasteiger partial charge in [-0.05, 0) is 18.1 Å². The quantitative estimate of drug-likeness (QED) is 0.832. The van der Waals surface area contributed by atoms with Crippen LogP contribution >= 0.6 is 11.6 Å². The van der Waals surface area contributed by atoms with Gasteiger partial charge in [0, 0.05) is 18.4 Å². The van der Waals surface area contributed by atoms with E-state index in [1.54, 1.807) is 19.1 Å². The van der Waals surface area contributed by atoms with Crippen LogP contribution in [0, 0.1) is 5.92 Å². The number of amides is 1. The van der Waals surface area contributed by atoms with Crippen molar-refractivity contribution in [2.45, 2.75) is 13.3 Å². The number of pyridine rings is 1. The maximum atomic E-state index is 12.3. The Morgan fingerprint density at radius 2 is 2.10 bits per heavy atom. The largest absolute Gasteiger partial charge is 0.481 e. The number of carboxylic acid groups (broad SMARTS) is 1. The fourth-order valence-electron chi connectivity index (χ4n) is 2.06. The molecule has 0 aliphatic heterocycles. The first-order chi connectivity index (χ1) is 9.97. The summed E-state index contributed by atoms with van der Waals surface area (Å²) in [7, 11) is 0. The Morgan fingerprint density at radius 1 is 1.38 bits per heavy atom. The number of rotatable bonds is 5. The summed E-state index contributed by atoms with van der Waals surface area (Å²) in [5.41, 5.74) is 1.09. The molecule has 0 saturated heterocycles. The highest BCUT2D eigenvalue weighted by Gasteiger charge is 2.14. The zero-order valence-electron chi connectivity index (χ0n) is 11.5. The van der Waals surface area contributed by atoms with Crippen molar-refractivity contribution in [3.8, 4) is 0 Å². The van der Waals surface area contributed by atoms with E-state index >= 15 is 0 Å². The van der Waals surface area contributed by atoms with Crippen molar-refractivity contribution in [1.29, 1.82) is 0 Å². The van der Waals surface area contributed by atoms with E-state index in [2.05, 4.69) is 10.3 Å². The number of benzene rings is 1.